The van der Waals surface area contributed by atoms with E-state index in [9.17, 15) is 18.0 Å². The Morgan fingerprint density at radius 1 is 1.06 bits per heavy atom. The predicted molar refractivity (Wildman–Crippen MR) is 129 cm³/mol. The lowest BCUT2D eigenvalue weighted by Crippen LogP contribution is -2.37. The van der Waals surface area contributed by atoms with Crippen LogP contribution in [0.1, 0.15) is 32.3 Å². The highest BCUT2D eigenvalue weighted by molar-refractivity contribution is 7.89. The number of para-hydroxylation sites is 2. The molecule has 2 aromatic carbocycles. The van der Waals surface area contributed by atoms with Gasteiger partial charge in [0.05, 0.1) is 15.9 Å². The van der Waals surface area contributed by atoms with Crippen molar-refractivity contribution in [2.45, 2.75) is 44.6 Å². The number of amides is 1. The first-order valence-corrected chi connectivity index (χ1v) is 12.8. The van der Waals surface area contributed by atoms with E-state index >= 15 is 0 Å². The van der Waals surface area contributed by atoms with Gasteiger partial charge >= 0.3 is 5.69 Å². The topological polar surface area (TPSA) is 84.6 Å². The van der Waals surface area contributed by atoms with Gasteiger partial charge in [-0.25, -0.2) is 13.2 Å². The third kappa shape index (κ3) is 4.11. The lowest BCUT2D eigenvalue weighted by Gasteiger charge is -2.30. The van der Waals surface area contributed by atoms with Crippen LogP contribution in [0.15, 0.2) is 52.2 Å². The lowest BCUT2D eigenvalue weighted by molar-refractivity contribution is -0.118. The van der Waals surface area contributed by atoms with Crippen molar-refractivity contribution in [1.82, 2.24) is 13.4 Å². The molecule has 0 atom stereocenters. The standard InChI is InChI=1S/C24H30N4O4S/c1-4-26(5-2)33(31,32)19-12-13-20-18(17-19)9-8-15-27(20)23(29)14-16-28-22-11-7-6-10-21(22)25(3)24(28)30/h6-7,10-13,17H,4-5,8-9,14-16H2,1-3H3. The molecule has 0 spiro atoms. The average Bonchev–Trinajstić information content (AvgIpc) is 3.07. The number of imidazole rings is 1. The molecule has 1 aliphatic heterocycles. The highest BCUT2D eigenvalue weighted by Crippen LogP contribution is 2.31. The zero-order valence-corrected chi connectivity index (χ0v) is 20.1. The second-order valence-corrected chi connectivity index (χ2v) is 10.2. The summed E-state index contributed by atoms with van der Waals surface area (Å²) in [5.41, 5.74) is 3.12. The zero-order chi connectivity index (χ0) is 23.8. The first-order chi connectivity index (χ1) is 15.8. The molecule has 0 saturated heterocycles. The third-order valence-corrected chi connectivity index (χ3v) is 8.46. The molecule has 0 radical (unpaired) electrons. The summed E-state index contributed by atoms with van der Waals surface area (Å²) in [6.07, 6.45) is 1.68. The minimum Gasteiger partial charge on any atom is -0.312 e. The van der Waals surface area contributed by atoms with Gasteiger partial charge in [0, 0.05) is 45.3 Å². The molecule has 0 fully saturated rings. The number of rotatable bonds is 7. The molecular weight excluding hydrogens is 440 g/mol. The highest BCUT2D eigenvalue weighted by atomic mass is 32.2. The second kappa shape index (κ2) is 9.15. The number of fused-ring (bicyclic) bond motifs is 2. The van der Waals surface area contributed by atoms with Crippen LogP contribution < -0.4 is 10.6 Å². The molecule has 176 valence electrons. The van der Waals surface area contributed by atoms with Crippen LogP contribution in [0.5, 0.6) is 0 Å². The van der Waals surface area contributed by atoms with E-state index in [1.807, 2.05) is 38.1 Å². The largest absolute Gasteiger partial charge is 0.328 e. The molecule has 0 aliphatic carbocycles. The van der Waals surface area contributed by atoms with Crippen molar-refractivity contribution >= 4 is 32.7 Å². The van der Waals surface area contributed by atoms with Crippen LogP contribution in [0.2, 0.25) is 0 Å². The van der Waals surface area contributed by atoms with Crippen molar-refractivity contribution in [1.29, 1.82) is 0 Å². The van der Waals surface area contributed by atoms with E-state index in [1.165, 1.54) is 4.31 Å². The monoisotopic (exact) mass is 470 g/mol. The minimum absolute atomic E-state index is 0.0739. The van der Waals surface area contributed by atoms with E-state index in [0.717, 1.165) is 35.1 Å². The number of anilines is 1. The summed E-state index contributed by atoms with van der Waals surface area (Å²) in [4.78, 5) is 27.8. The van der Waals surface area contributed by atoms with Gasteiger partial charge in [-0.15, -0.1) is 0 Å². The zero-order valence-electron chi connectivity index (χ0n) is 19.3. The summed E-state index contributed by atoms with van der Waals surface area (Å²) < 4.78 is 30.5. The molecule has 8 nitrogen and oxygen atoms in total. The minimum atomic E-state index is -3.55. The first kappa shape index (κ1) is 23.3. The van der Waals surface area contributed by atoms with E-state index in [4.69, 9.17) is 0 Å². The second-order valence-electron chi connectivity index (χ2n) is 8.26. The SMILES string of the molecule is CCN(CC)S(=O)(=O)c1ccc2c(c1)CCCN2C(=O)CCn1c(=O)n(C)c2ccccc21. The summed E-state index contributed by atoms with van der Waals surface area (Å²) in [6.45, 7) is 5.34. The van der Waals surface area contributed by atoms with Crippen molar-refractivity contribution < 1.29 is 13.2 Å². The van der Waals surface area contributed by atoms with Crippen LogP contribution in [0, 0.1) is 0 Å². The van der Waals surface area contributed by atoms with Crippen LogP contribution in [0.3, 0.4) is 0 Å². The number of carbonyl (C=O) groups excluding carboxylic acids is 1. The van der Waals surface area contributed by atoms with Crippen LogP contribution in [0.25, 0.3) is 11.0 Å². The number of benzene rings is 2. The molecule has 3 aromatic rings. The highest BCUT2D eigenvalue weighted by Gasteiger charge is 2.27. The maximum atomic E-state index is 13.1. The van der Waals surface area contributed by atoms with Crippen LogP contribution >= 0.6 is 0 Å². The van der Waals surface area contributed by atoms with Gasteiger partial charge < -0.3 is 4.90 Å². The lowest BCUT2D eigenvalue weighted by atomic mass is 10.0. The van der Waals surface area contributed by atoms with E-state index in [1.54, 1.807) is 39.3 Å². The van der Waals surface area contributed by atoms with Gasteiger partial charge in [0.1, 0.15) is 0 Å². The van der Waals surface area contributed by atoms with Crippen LogP contribution in [0.4, 0.5) is 5.69 Å². The number of nitrogens with zero attached hydrogens (tertiary/aromatic N) is 4. The van der Waals surface area contributed by atoms with Crippen molar-refractivity contribution in [3.63, 3.8) is 0 Å². The number of hydrogen-bond donors (Lipinski definition) is 0. The fourth-order valence-electron chi connectivity index (χ4n) is 4.63. The Morgan fingerprint density at radius 3 is 2.45 bits per heavy atom. The first-order valence-electron chi connectivity index (χ1n) is 11.4. The van der Waals surface area contributed by atoms with Gasteiger partial charge in [-0.1, -0.05) is 26.0 Å². The number of sulfonamides is 1. The normalized spacial score (nSPS) is 14.1. The summed E-state index contributed by atoms with van der Waals surface area (Å²) in [5.74, 6) is -0.0739. The molecule has 9 heteroatoms. The number of carbonyl (C=O) groups is 1. The van der Waals surface area contributed by atoms with Gasteiger partial charge in [-0.05, 0) is 48.7 Å². The molecule has 0 bridgehead atoms. The molecule has 33 heavy (non-hydrogen) atoms. The third-order valence-electron chi connectivity index (χ3n) is 6.41. The van der Waals surface area contributed by atoms with Gasteiger partial charge in [0.25, 0.3) is 0 Å². The predicted octanol–water partition coefficient (Wildman–Crippen LogP) is 2.74. The maximum Gasteiger partial charge on any atom is 0.328 e. The van der Waals surface area contributed by atoms with Gasteiger partial charge in [0.15, 0.2) is 0 Å². The average molecular weight is 471 g/mol. The Morgan fingerprint density at radius 2 is 1.76 bits per heavy atom. The van der Waals surface area contributed by atoms with E-state index in [0.29, 0.717) is 26.2 Å². The van der Waals surface area contributed by atoms with E-state index < -0.39 is 10.0 Å². The molecule has 1 amide bonds. The summed E-state index contributed by atoms with van der Waals surface area (Å²) in [6, 6.07) is 12.6. The molecule has 4 rings (SSSR count). The van der Waals surface area contributed by atoms with Crippen molar-refractivity contribution in [2.24, 2.45) is 7.05 Å². The Balaban J connectivity index is 1.57. The fraction of sp³-hybridized carbons (Fsp3) is 0.417. The molecule has 1 aromatic heterocycles. The molecule has 0 saturated carbocycles. The number of aromatic nitrogens is 2. The van der Waals surface area contributed by atoms with Gasteiger partial charge in [-0.2, -0.15) is 4.31 Å². The van der Waals surface area contributed by atoms with Gasteiger partial charge in [-0.3, -0.25) is 13.9 Å². The summed E-state index contributed by atoms with van der Waals surface area (Å²) in [5, 5.41) is 0. The van der Waals surface area contributed by atoms with Crippen molar-refractivity contribution in [2.75, 3.05) is 24.5 Å². The quantitative estimate of drug-likeness (QED) is 0.532. The smallest absolute Gasteiger partial charge is 0.312 e. The molecule has 0 unspecified atom stereocenters. The Hall–Kier alpha value is -2.91. The van der Waals surface area contributed by atoms with Crippen LogP contribution in [-0.2, 0) is 34.8 Å². The Bertz CT molecular complexity index is 1350. The Labute approximate surface area is 194 Å². The Kier molecular flexibility index (Phi) is 6.45. The number of aryl methyl sites for hydroxylation is 3. The molecule has 0 N–H and O–H groups in total. The fourth-order valence-corrected chi connectivity index (χ4v) is 6.14. The molecule has 1 aliphatic rings. The van der Waals surface area contributed by atoms with Crippen LogP contribution in [-0.4, -0.2) is 47.4 Å². The summed E-state index contributed by atoms with van der Waals surface area (Å²) >= 11 is 0. The maximum absolute atomic E-state index is 13.1. The van der Waals surface area contributed by atoms with Crippen molar-refractivity contribution in [3.05, 3.63) is 58.5 Å². The molecule has 2 heterocycles. The van der Waals surface area contributed by atoms with Gasteiger partial charge in [0.2, 0.25) is 15.9 Å². The van der Waals surface area contributed by atoms with E-state index in [-0.39, 0.29) is 22.9 Å². The molecular formula is C24H30N4O4S. The number of hydrogen-bond acceptors (Lipinski definition) is 4. The van der Waals surface area contributed by atoms with E-state index in [2.05, 4.69) is 0 Å². The van der Waals surface area contributed by atoms with Crippen molar-refractivity contribution in [3.8, 4) is 0 Å². The summed E-state index contributed by atoms with van der Waals surface area (Å²) in [7, 11) is -1.82.